The van der Waals surface area contributed by atoms with Gasteiger partial charge in [0, 0.05) is 24.0 Å². The van der Waals surface area contributed by atoms with Gasteiger partial charge in [0.1, 0.15) is 0 Å². The van der Waals surface area contributed by atoms with Gasteiger partial charge in [-0.15, -0.1) is 0 Å². The maximum Gasteiger partial charge on any atom is 0.332 e. The molecule has 0 radical (unpaired) electrons. The molecule has 1 aliphatic rings. The summed E-state index contributed by atoms with van der Waals surface area (Å²) in [6.07, 6.45) is 7.47. The van der Waals surface area contributed by atoms with Crippen molar-refractivity contribution in [3.8, 4) is 0 Å². The molecule has 1 heterocycles. The predicted octanol–water partition coefficient (Wildman–Crippen LogP) is -1.11. The van der Waals surface area contributed by atoms with Crippen LogP contribution in [0.5, 0.6) is 0 Å². The first-order chi connectivity index (χ1) is 8.88. The molecule has 0 unspecified atom stereocenters. The highest BCUT2D eigenvalue weighted by Gasteiger charge is 2.28. The van der Waals surface area contributed by atoms with E-state index in [1.165, 1.54) is 18.5 Å². The number of nitrogens with zero attached hydrogens (tertiary/aromatic N) is 1. The molecule has 0 fully saturated rings. The number of aromatic nitrogens is 2. The largest absolute Gasteiger partial charge is 0.340 e. The molecule has 0 saturated carbocycles. The van der Waals surface area contributed by atoms with E-state index in [0.717, 1.165) is 10.6 Å². The lowest BCUT2D eigenvalue weighted by Gasteiger charge is -2.22. The Kier molecular flexibility index (Phi) is 3.34. The van der Waals surface area contributed by atoms with Crippen molar-refractivity contribution >= 4 is 6.20 Å². The van der Waals surface area contributed by atoms with E-state index in [-0.39, 0.29) is 5.57 Å². The highest BCUT2D eigenvalue weighted by Crippen LogP contribution is 2.26. The van der Waals surface area contributed by atoms with Crippen LogP contribution in [0, 0.1) is 0 Å². The molecule has 19 heavy (non-hydrogen) atoms. The second kappa shape index (κ2) is 4.81. The smallest absolute Gasteiger partial charge is 0.332 e. The van der Waals surface area contributed by atoms with Gasteiger partial charge in [-0.3, -0.25) is 14.3 Å². The number of rotatable bonds is 2. The lowest BCUT2D eigenvalue weighted by molar-refractivity contribution is -0.280. The van der Waals surface area contributed by atoms with Crippen LogP contribution in [-0.4, -0.2) is 30.8 Å². The number of H-pyrrole nitrogens is 1. The molecule has 0 aliphatic heterocycles. The van der Waals surface area contributed by atoms with Gasteiger partial charge in [-0.1, -0.05) is 18.2 Å². The maximum absolute atomic E-state index is 11.5. The Morgan fingerprint density at radius 3 is 2.68 bits per heavy atom. The van der Waals surface area contributed by atoms with Gasteiger partial charge in [-0.2, -0.15) is 0 Å². The highest BCUT2D eigenvalue weighted by atomic mass is 16.7. The minimum absolute atomic E-state index is 0.131. The van der Waals surface area contributed by atoms with Crippen molar-refractivity contribution < 1.29 is 15.3 Å². The first kappa shape index (κ1) is 13.2. The number of aromatic amines is 1. The summed E-state index contributed by atoms with van der Waals surface area (Å²) in [5, 5.41) is 27.7. The minimum Gasteiger partial charge on any atom is -0.340 e. The van der Waals surface area contributed by atoms with Gasteiger partial charge >= 0.3 is 11.7 Å². The molecule has 0 spiro atoms. The molecule has 1 aromatic heterocycles. The summed E-state index contributed by atoms with van der Waals surface area (Å²) in [6, 6.07) is 1.16. The fourth-order valence-electron chi connectivity index (χ4n) is 1.72. The zero-order valence-corrected chi connectivity index (χ0v) is 9.78. The van der Waals surface area contributed by atoms with Crippen molar-refractivity contribution in [3.63, 3.8) is 0 Å². The van der Waals surface area contributed by atoms with Gasteiger partial charge in [0.25, 0.3) is 5.56 Å². The Bertz CT molecular complexity index is 685. The van der Waals surface area contributed by atoms with Crippen LogP contribution in [-0.2, 0) is 0 Å². The van der Waals surface area contributed by atoms with E-state index in [1.54, 1.807) is 12.2 Å². The van der Waals surface area contributed by atoms with Gasteiger partial charge < -0.3 is 15.3 Å². The van der Waals surface area contributed by atoms with Crippen molar-refractivity contribution in [2.24, 2.45) is 0 Å². The van der Waals surface area contributed by atoms with Gasteiger partial charge in [0.15, 0.2) is 0 Å². The topological polar surface area (TPSA) is 116 Å². The second-order valence-corrected chi connectivity index (χ2v) is 4.02. The zero-order valence-electron chi connectivity index (χ0n) is 9.78. The molecule has 100 valence electrons. The summed E-state index contributed by atoms with van der Waals surface area (Å²) in [4.78, 5) is 24.5. The Morgan fingerprint density at radius 1 is 1.32 bits per heavy atom. The number of nitrogens with one attached hydrogen (secondary N) is 1. The van der Waals surface area contributed by atoms with Crippen LogP contribution in [0.2, 0.25) is 0 Å². The second-order valence-electron chi connectivity index (χ2n) is 4.02. The number of aliphatic hydroxyl groups is 3. The van der Waals surface area contributed by atoms with Crippen LogP contribution < -0.4 is 11.2 Å². The molecule has 0 amide bonds. The van der Waals surface area contributed by atoms with E-state index >= 15 is 0 Å². The monoisotopic (exact) mass is 264 g/mol. The first-order valence-corrected chi connectivity index (χ1v) is 5.45. The van der Waals surface area contributed by atoms with Crippen LogP contribution in [0.3, 0.4) is 0 Å². The van der Waals surface area contributed by atoms with E-state index in [9.17, 15) is 24.9 Å². The van der Waals surface area contributed by atoms with Crippen LogP contribution >= 0.6 is 0 Å². The highest BCUT2D eigenvalue weighted by molar-refractivity contribution is 5.50. The third kappa shape index (κ3) is 2.97. The molecule has 0 atom stereocenters. The third-order valence-electron chi connectivity index (χ3n) is 2.59. The van der Waals surface area contributed by atoms with Crippen LogP contribution in [0.15, 0.2) is 51.2 Å². The van der Waals surface area contributed by atoms with Crippen LogP contribution in [0.1, 0.15) is 6.42 Å². The molecule has 0 aromatic carbocycles. The molecular formula is C12H12N2O5. The SMILES string of the molecule is O=c1ccn(C=C2CC=CC=C2C(O)(O)O)c(=O)[nH]1. The third-order valence-corrected chi connectivity index (χ3v) is 2.59. The summed E-state index contributed by atoms with van der Waals surface area (Å²) in [5.41, 5.74) is -0.981. The molecule has 4 N–H and O–H groups in total. The molecule has 0 bridgehead atoms. The van der Waals surface area contributed by atoms with Crippen molar-refractivity contribution in [2.75, 3.05) is 0 Å². The Morgan fingerprint density at radius 2 is 2.05 bits per heavy atom. The number of allylic oxidation sites excluding steroid dienone is 3. The Labute approximate surface area is 107 Å². The Balaban J connectivity index is 2.48. The average molecular weight is 264 g/mol. The summed E-state index contributed by atoms with van der Waals surface area (Å²) < 4.78 is 1.08. The van der Waals surface area contributed by atoms with Crippen LogP contribution in [0.4, 0.5) is 0 Å². The van der Waals surface area contributed by atoms with Crippen molar-refractivity contribution in [1.29, 1.82) is 0 Å². The lowest BCUT2D eigenvalue weighted by atomic mass is 9.97. The maximum atomic E-state index is 11.5. The van der Waals surface area contributed by atoms with E-state index in [2.05, 4.69) is 4.98 Å². The normalized spacial score (nSPS) is 17.6. The summed E-state index contributed by atoms with van der Waals surface area (Å²) in [6.45, 7) is 0. The average Bonchev–Trinajstić information content (AvgIpc) is 2.32. The van der Waals surface area contributed by atoms with Crippen LogP contribution in [0.25, 0.3) is 6.20 Å². The molecule has 1 aliphatic carbocycles. The molecule has 7 heteroatoms. The fraction of sp³-hybridized carbons (Fsp3) is 0.167. The van der Waals surface area contributed by atoms with E-state index in [1.807, 2.05) is 0 Å². The van der Waals surface area contributed by atoms with Crippen molar-refractivity contribution in [2.45, 2.75) is 12.4 Å². The van der Waals surface area contributed by atoms with Crippen molar-refractivity contribution in [1.82, 2.24) is 9.55 Å². The van der Waals surface area contributed by atoms with Gasteiger partial charge in [0.2, 0.25) is 0 Å². The fourth-order valence-corrected chi connectivity index (χ4v) is 1.72. The summed E-state index contributed by atoms with van der Waals surface area (Å²) >= 11 is 0. The molecule has 0 saturated heterocycles. The lowest BCUT2D eigenvalue weighted by Crippen LogP contribution is -2.32. The number of hydrogen-bond donors (Lipinski definition) is 4. The molecule has 7 nitrogen and oxygen atoms in total. The van der Waals surface area contributed by atoms with Gasteiger partial charge in [-0.25, -0.2) is 4.79 Å². The summed E-state index contributed by atoms with van der Waals surface area (Å²) in [5.74, 6) is -2.98. The zero-order chi connectivity index (χ0) is 14.0. The Hall–Kier alpha value is -2.22. The number of hydrogen-bond acceptors (Lipinski definition) is 5. The van der Waals surface area contributed by atoms with E-state index < -0.39 is 17.2 Å². The minimum atomic E-state index is -2.98. The molecule has 2 rings (SSSR count). The standard InChI is InChI=1S/C12H12N2O5/c15-10-5-6-14(11(16)13-10)7-8-3-1-2-4-9(8)12(17,18)19/h1-2,4-7,17-19H,3H2,(H,13,15,16). The quantitative estimate of drug-likeness (QED) is 0.506. The van der Waals surface area contributed by atoms with Gasteiger partial charge in [0.05, 0.1) is 0 Å². The molecular weight excluding hydrogens is 252 g/mol. The molecule has 1 aromatic rings. The first-order valence-electron chi connectivity index (χ1n) is 5.45. The predicted molar refractivity (Wildman–Crippen MR) is 66.8 cm³/mol. The van der Waals surface area contributed by atoms with Gasteiger partial charge in [-0.05, 0) is 12.0 Å². The summed E-state index contributed by atoms with van der Waals surface area (Å²) in [7, 11) is 0. The van der Waals surface area contributed by atoms with E-state index in [0.29, 0.717) is 12.0 Å². The van der Waals surface area contributed by atoms with Crippen molar-refractivity contribution in [3.05, 3.63) is 62.5 Å². The van der Waals surface area contributed by atoms with E-state index in [4.69, 9.17) is 0 Å².